The Kier molecular flexibility index (Phi) is 6.20. The van der Waals surface area contributed by atoms with Crippen LogP contribution in [0.5, 0.6) is 11.5 Å². The summed E-state index contributed by atoms with van der Waals surface area (Å²) in [5.41, 5.74) is 2.78. The first-order chi connectivity index (χ1) is 16.7. The fourth-order valence-electron chi connectivity index (χ4n) is 5.71. The van der Waals surface area contributed by atoms with Gasteiger partial charge in [0.15, 0.2) is 11.5 Å². The summed E-state index contributed by atoms with van der Waals surface area (Å²) in [6.07, 6.45) is 1.73. The fourth-order valence-corrected chi connectivity index (χ4v) is 5.71. The quantitative estimate of drug-likeness (QED) is 0.568. The predicted octanol–water partition coefficient (Wildman–Crippen LogP) is 5.38. The molecule has 3 aliphatic rings. The summed E-state index contributed by atoms with van der Waals surface area (Å²) in [6, 6.07) is 6.71. The molecule has 1 saturated carbocycles. The lowest BCUT2D eigenvalue weighted by atomic mass is 9.77. The van der Waals surface area contributed by atoms with Gasteiger partial charge in [-0.2, -0.15) is 13.2 Å². The van der Waals surface area contributed by atoms with Crippen LogP contribution in [0.25, 0.3) is 0 Å². The molecule has 0 radical (unpaired) electrons. The molecule has 1 N–H and O–H groups in total. The molecule has 1 aromatic carbocycles. The van der Waals surface area contributed by atoms with E-state index in [-0.39, 0.29) is 11.2 Å². The summed E-state index contributed by atoms with van der Waals surface area (Å²) in [6.45, 7) is 8.24. The standard InChI is InChI=1S/C27H32F3N3O2/c1-18(33-9-7-23-21(16-33)12-22(14-31-23)27(28,29)30)26(13-19-3-4-19)8-10-32(17-26)15-20-5-6-24(34)25(11-20)35-2/h5-6,11-12,14,19,34H,1,3-4,7-10,13,15-17H2,2H3. The molecular formula is C27H32F3N3O2. The molecular weight excluding hydrogens is 455 g/mol. The lowest BCUT2D eigenvalue weighted by Crippen LogP contribution is -2.40. The topological polar surface area (TPSA) is 48.8 Å². The minimum absolute atomic E-state index is 0.0747. The number of rotatable bonds is 7. The Hall–Kier alpha value is -2.74. The summed E-state index contributed by atoms with van der Waals surface area (Å²) in [5.74, 6) is 1.30. The van der Waals surface area contributed by atoms with Crippen molar-refractivity contribution in [2.45, 2.75) is 51.4 Å². The summed E-state index contributed by atoms with van der Waals surface area (Å²) in [5, 5.41) is 9.91. The highest BCUT2D eigenvalue weighted by atomic mass is 19.4. The van der Waals surface area contributed by atoms with Gasteiger partial charge in [-0.15, -0.1) is 0 Å². The van der Waals surface area contributed by atoms with Crippen LogP contribution in [-0.4, -0.2) is 46.6 Å². The maximum atomic E-state index is 13.3. The molecule has 1 aromatic heterocycles. The number of phenolic OH excluding ortho intramolecular Hbond substituents is 1. The van der Waals surface area contributed by atoms with Gasteiger partial charge in [-0.05, 0) is 54.6 Å². The van der Waals surface area contributed by atoms with Crippen LogP contribution in [0.2, 0.25) is 0 Å². The van der Waals surface area contributed by atoms with Crippen molar-refractivity contribution >= 4 is 0 Å². The average Bonchev–Trinajstić information content (AvgIpc) is 3.56. The molecule has 0 spiro atoms. The molecule has 1 saturated heterocycles. The number of benzene rings is 1. The van der Waals surface area contributed by atoms with Crippen molar-refractivity contribution in [3.63, 3.8) is 0 Å². The molecule has 2 fully saturated rings. The summed E-state index contributed by atoms with van der Waals surface area (Å²) in [7, 11) is 1.54. The molecule has 1 atom stereocenters. The van der Waals surface area contributed by atoms with Gasteiger partial charge >= 0.3 is 6.18 Å². The van der Waals surface area contributed by atoms with Crippen molar-refractivity contribution in [1.82, 2.24) is 14.8 Å². The number of aromatic nitrogens is 1. The van der Waals surface area contributed by atoms with E-state index in [1.807, 2.05) is 12.1 Å². The number of aromatic hydroxyl groups is 1. The number of likely N-dealkylation sites (tertiary alicyclic amines) is 1. The third-order valence-electron chi connectivity index (χ3n) is 7.82. The Balaban J connectivity index is 1.33. The van der Waals surface area contributed by atoms with E-state index in [1.165, 1.54) is 18.9 Å². The van der Waals surface area contributed by atoms with Crippen LogP contribution in [0.1, 0.15) is 48.1 Å². The Morgan fingerprint density at radius 3 is 2.77 bits per heavy atom. The van der Waals surface area contributed by atoms with Crippen molar-refractivity contribution < 1.29 is 23.0 Å². The molecule has 1 aliphatic carbocycles. The highest BCUT2D eigenvalue weighted by Gasteiger charge is 2.46. The normalized spacial score (nSPS) is 22.8. The van der Waals surface area contributed by atoms with Crippen LogP contribution in [-0.2, 0) is 25.7 Å². The van der Waals surface area contributed by atoms with E-state index in [9.17, 15) is 18.3 Å². The third-order valence-corrected chi connectivity index (χ3v) is 7.82. The van der Waals surface area contributed by atoms with Gasteiger partial charge in [0.25, 0.3) is 0 Å². The van der Waals surface area contributed by atoms with Crippen molar-refractivity contribution in [3.05, 3.63) is 65.1 Å². The van der Waals surface area contributed by atoms with Gasteiger partial charge in [-0.1, -0.05) is 25.5 Å². The van der Waals surface area contributed by atoms with Gasteiger partial charge in [0.1, 0.15) is 0 Å². The summed E-state index contributed by atoms with van der Waals surface area (Å²) >= 11 is 0. The highest BCUT2D eigenvalue weighted by Crippen LogP contribution is 2.50. The number of alkyl halides is 3. The number of phenols is 1. The minimum Gasteiger partial charge on any atom is -0.504 e. The largest absolute Gasteiger partial charge is 0.504 e. The summed E-state index contributed by atoms with van der Waals surface area (Å²) < 4.78 is 45.1. The Bertz CT molecular complexity index is 1120. The maximum absolute atomic E-state index is 13.3. The molecule has 2 aliphatic heterocycles. The Labute approximate surface area is 204 Å². The number of halogens is 3. The molecule has 35 heavy (non-hydrogen) atoms. The highest BCUT2D eigenvalue weighted by molar-refractivity contribution is 5.41. The van der Waals surface area contributed by atoms with E-state index < -0.39 is 11.7 Å². The van der Waals surface area contributed by atoms with E-state index in [0.29, 0.717) is 30.2 Å². The van der Waals surface area contributed by atoms with Crippen LogP contribution in [0.3, 0.4) is 0 Å². The van der Waals surface area contributed by atoms with Gasteiger partial charge in [-0.3, -0.25) is 9.88 Å². The first kappa shape index (κ1) is 24.0. The number of methoxy groups -OCH3 is 1. The number of ether oxygens (including phenoxy) is 1. The number of nitrogens with zero attached hydrogens (tertiary/aromatic N) is 3. The number of hydrogen-bond acceptors (Lipinski definition) is 5. The Morgan fingerprint density at radius 1 is 1.26 bits per heavy atom. The van der Waals surface area contributed by atoms with Crippen molar-refractivity contribution in [3.8, 4) is 11.5 Å². The molecule has 5 nitrogen and oxygen atoms in total. The first-order valence-electron chi connectivity index (χ1n) is 12.2. The molecule has 1 unspecified atom stereocenters. The maximum Gasteiger partial charge on any atom is 0.417 e. The first-order valence-corrected chi connectivity index (χ1v) is 12.2. The van der Waals surface area contributed by atoms with Crippen LogP contribution < -0.4 is 4.74 Å². The van der Waals surface area contributed by atoms with Crippen molar-refractivity contribution in [2.24, 2.45) is 11.3 Å². The number of fused-ring (bicyclic) bond motifs is 1. The number of pyridine rings is 1. The van der Waals surface area contributed by atoms with Crippen LogP contribution in [0.15, 0.2) is 42.7 Å². The monoisotopic (exact) mass is 487 g/mol. The number of hydrogen-bond donors (Lipinski definition) is 1. The SMILES string of the molecule is C=C(N1CCc2ncc(C(F)(F)F)cc2C1)C1(CC2CC2)CCN(Cc2ccc(O)c(OC)c2)C1. The predicted molar refractivity (Wildman–Crippen MR) is 127 cm³/mol. The van der Waals surface area contributed by atoms with Crippen LogP contribution in [0, 0.1) is 11.3 Å². The van der Waals surface area contributed by atoms with Gasteiger partial charge in [-0.25, -0.2) is 0 Å². The zero-order valence-electron chi connectivity index (χ0n) is 20.1. The van der Waals surface area contributed by atoms with E-state index in [2.05, 4.69) is 21.4 Å². The van der Waals surface area contributed by atoms with Gasteiger partial charge in [0.05, 0.1) is 12.7 Å². The van der Waals surface area contributed by atoms with Gasteiger partial charge in [0, 0.05) is 55.6 Å². The third kappa shape index (κ3) is 4.99. The molecule has 0 amide bonds. The zero-order chi connectivity index (χ0) is 24.8. The second-order valence-electron chi connectivity index (χ2n) is 10.3. The smallest absolute Gasteiger partial charge is 0.417 e. The van der Waals surface area contributed by atoms with E-state index >= 15 is 0 Å². The van der Waals surface area contributed by atoms with E-state index in [0.717, 1.165) is 62.2 Å². The van der Waals surface area contributed by atoms with Crippen LogP contribution in [0.4, 0.5) is 13.2 Å². The summed E-state index contributed by atoms with van der Waals surface area (Å²) in [4.78, 5) is 8.73. The van der Waals surface area contributed by atoms with Gasteiger partial charge in [0.2, 0.25) is 0 Å². The molecule has 188 valence electrons. The van der Waals surface area contributed by atoms with E-state index in [1.54, 1.807) is 13.2 Å². The minimum atomic E-state index is -4.39. The second-order valence-corrected chi connectivity index (χ2v) is 10.3. The van der Waals surface area contributed by atoms with Crippen LogP contribution >= 0.6 is 0 Å². The second kappa shape index (κ2) is 9.04. The van der Waals surface area contributed by atoms with Crippen molar-refractivity contribution in [2.75, 3.05) is 26.7 Å². The zero-order valence-corrected chi connectivity index (χ0v) is 20.1. The lowest BCUT2D eigenvalue weighted by molar-refractivity contribution is -0.137. The molecule has 5 rings (SSSR count). The molecule has 8 heteroatoms. The van der Waals surface area contributed by atoms with Gasteiger partial charge < -0.3 is 14.7 Å². The fraction of sp³-hybridized carbons (Fsp3) is 0.519. The van der Waals surface area contributed by atoms with Crippen molar-refractivity contribution in [1.29, 1.82) is 0 Å². The molecule has 2 aromatic rings. The lowest BCUT2D eigenvalue weighted by Gasteiger charge is -2.41. The molecule has 3 heterocycles. The average molecular weight is 488 g/mol. The Morgan fingerprint density at radius 2 is 2.06 bits per heavy atom. The van der Waals surface area contributed by atoms with E-state index in [4.69, 9.17) is 4.74 Å². The molecule has 0 bridgehead atoms.